The van der Waals surface area contributed by atoms with Crippen molar-refractivity contribution in [2.75, 3.05) is 0 Å². The standard InChI is InChI=1S/C17H15NO4S/c19-17(20)11-10-14-12-13-6-4-5-9-16(13)18(14)23(21,22)15-7-2-1-3-8-15/h1-9,12H,10-11H2,(H,19,20). The van der Waals surface area contributed by atoms with Crippen molar-refractivity contribution >= 4 is 26.9 Å². The van der Waals surface area contributed by atoms with Gasteiger partial charge in [0, 0.05) is 11.1 Å². The van der Waals surface area contributed by atoms with Gasteiger partial charge in [-0.05, 0) is 30.7 Å². The predicted octanol–water partition coefficient (Wildman–Crippen LogP) is 2.90. The molecular weight excluding hydrogens is 314 g/mol. The van der Waals surface area contributed by atoms with Crippen LogP contribution in [0.3, 0.4) is 0 Å². The van der Waals surface area contributed by atoms with Crippen LogP contribution in [0.15, 0.2) is 65.6 Å². The van der Waals surface area contributed by atoms with Gasteiger partial charge in [0.2, 0.25) is 0 Å². The number of hydrogen-bond acceptors (Lipinski definition) is 3. The summed E-state index contributed by atoms with van der Waals surface area (Å²) in [5.74, 6) is -0.959. The summed E-state index contributed by atoms with van der Waals surface area (Å²) < 4.78 is 27.2. The zero-order valence-electron chi connectivity index (χ0n) is 12.2. The minimum Gasteiger partial charge on any atom is -0.481 e. The first-order valence-electron chi connectivity index (χ1n) is 7.12. The van der Waals surface area contributed by atoms with Gasteiger partial charge in [-0.3, -0.25) is 4.79 Å². The third-order valence-corrected chi connectivity index (χ3v) is 5.39. The van der Waals surface area contributed by atoms with E-state index in [9.17, 15) is 13.2 Å². The van der Waals surface area contributed by atoms with Gasteiger partial charge in [-0.1, -0.05) is 36.4 Å². The Morgan fingerprint density at radius 3 is 2.35 bits per heavy atom. The molecule has 0 fully saturated rings. The molecule has 6 heteroatoms. The van der Waals surface area contributed by atoms with Crippen LogP contribution in [0.5, 0.6) is 0 Å². The minimum absolute atomic E-state index is 0.124. The van der Waals surface area contributed by atoms with E-state index in [0.29, 0.717) is 11.2 Å². The molecule has 0 bridgehead atoms. The molecule has 2 aromatic carbocycles. The maximum absolute atomic E-state index is 13.0. The van der Waals surface area contributed by atoms with Crippen molar-refractivity contribution in [3.63, 3.8) is 0 Å². The summed E-state index contributed by atoms with van der Waals surface area (Å²) >= 11 is 0. The number of aryl methyl sites for hydroxylation is 1. The van der Waals surface area contributed by atoms with Crippen molar-refractivity contribution in [1.82, 2.24) is 3.97 Å². The van der Waals surface area contributed by atoms with Gasteiger partial charge in [0.05, 0.1) is 16.8 Å². The lowest BCUT2D eigenvalue weighted by Gasteiger charge is -2.11. The number of aliphatic carboxylic acids is 1. The molecule has 0 spiro atoms. The normalized spacial score (nSPS) is 11.7. The number of fused-ring (bicyclic) bond motifs is 1. The molecule has 0 unspecified atom stereocenters. The summed E-state index contributed by atoms with van der Waals surface area (Å²) in [6, 6.07) is 17.0. The van der Waals surface area contributed by atoms with Gasteiger partial charge in [0.15, 0.2) is 0 Å². The van der Waals surface area contributed by atoms with Crippen LogP contribution >= 0.6 is 0 Å². The van der Waals surface area contributed by atoms with Crippen LogP contribution in [0, 0.1) is 0 Å². The number of carboxylic acids is 1. The van der Waals surface area contributed by atoms with E-state index < -0.39 is 16.0 Å². The van der Waals surface area contributed by atoms with E-state index in [4.69, 9.17) is 5.11 Å². The van der Waals surface area contributed by atoms with E-state index in [0.717, 1.165) is 5.39 Å². The fourth-order valence-electron chi connectivity index (χ4n) is 2.58. The topological polar surface area (TPSA) is 76.4 Å². The van der Waals surface area contributed by atoms with Crippen molar-refractivity contribution in [2.45, 2.75) is 17.7 Å². The average molecular weight is 329 g/mol. The zero-order chi connectivity index (χ0) is 16.4. The summed E-state index contributed by atoms with van der Waals surface area (Å²) in [6.45, 7) is 0. The lowest BCUT2D eigenvalue weighted by molar-refractivity contribution is -0.136. The van der Waals surface area contributed by atoms with Crippen LogP contribution in [0.25, 0.3) is 10.9 Å². The quantitative estimate of drug-likeness (QED) is 0.781. The Kier molecular flexibility index (Phi) is 3.92. The van der Waals surface area contributed by atoms with Crippen molar-refractivity contribution < 1.29 is 18.3 Å². The van der Waals surface area contributed by atoms with Crippen molar-refractivity contribution in [1.29, 1.82) is 0 Å². The highest BCUT2D eigenvalue weighted by molar-refractivity contribution is 7.90. The largest absolute Gasteiger partial charge is 0.481 e. The molecule has 1 aromatic heterocycles. The van der Waals surface area contributed by atoms with Gasteiger partial charge >= 0.3 is 5.97 Å². The molecule has 0 aliphatic heterocycles. The number of nitrogens with zero attached hydrogens (tertiary/aromatic N) is 1. The van der Waals surface area contributed by atoms with E-state index >= 15 is 0 Å². The Labute approximate surface area is 133 Å². The number of para-hydroxylation sites is 1. The van der Waals surface area contributed by atoms with Crippen molar-refractivity contribution in [3.05, 3.63) is 66.4 Å². The maximum atomic E-state index is 13.0. The van der Waals surface area contributed by atoms with Crippen molar-refractivity contribution in [2.24, 2.45) is 0 Å². The molecule has 1 N–H and O–H groups in total. The number of rotatable bonds is 5. The molecule has 23 heavy (non-hydrogen) atoms. The predicted molar refractivity (Wildman–Crippen MR) is 86.9 cm³/mol. The van der Waals surface area contributed by atoms with Crippen molar-refractivity contribution in [3.8, 4) is 0 Å². The second-order valence-electron chi connectivity index (χ2n) is 5.17. The number of aromatic nitrogens is 1. The molecule has 118 valence electrons. The Hall–Kier alpha value is -2.60. The lowest BCUT2D eigenvalue weighted by Crippen LogP contribution is -2.16. The first-order chi connectivity index (χ1) is 11.0. The maximum Gasteiger partial charge on any atom is 0.303 e. The molecule has 3 rings (SSSR count). The molecule has 0 radical (unpaired) electrons. The molecule has 0 aliphatic carbocycles. The van der Waals surface area contributed by atoms with Gasteiger partial charge in [0.1, 0.15) is 0 Å². The molecule has 5 nitrogen and oxygen atoms in total. The van der Waals surface area contributed by atoms with E-state index in [2.05, 4.69) is 0 Å². The highest BCUT2D eigenvalue weighted by Crippen LogP contribution is 2.26. The monoisotopic (exact) mass is 329 g/mol. The zero-order valence-corrected chi connectivity index (χ0v) is 13.0. The highest BCUT2D eigenvalue weighted by atomic mass is 32.2. The molecule has 1 heterocycles. The molecule has 0 saturated carbocycles. The van der Waals surface area contributed by atoms with Crippen LogP contribution in [0.2, 0.25) is 0 Å². The first kappa shape index (κ1) is 15.3. The van der Waals surface area contributed by atoms with Gasteiger partial charge in [-0.15, -0.1) is 0 Å². The molecule has 0 aliphatic rings. The minimum atomic E-state index is -3.78. The average Bonchev–Trinajstić information content (AvgIpc) is 2.93. The summed E-state index contributed by atoms with van der Waals surface area (Å²) in [6.07, 6.45) is 0.0245. The number of carbonyl (C=O) groups is 1. The lowest BCUT2D eigenvalue weighted by atomic mass is 10.2. The smallest absolute Gasteiger partial charge is 0.303 e. The van der Waals surface area contributed by atoms with E-state index in [-0.39, 0.29) is 17.7 Å². The van der Waals surface area contributed by atoms with Gasteiger partial charge in [-0.25, -0.2) is 12.4 Å². The van der Waals surface area contributed by atoms with E-state index in [1.807, 2.05) is 12.1 Å². The number of benzene rings is 2. The van der Waals surface area contributed by atoms with Gasteiger partial charge in [0.25, 0.3) is 10.0 Å². The summed E-state index contributed by atoms with van der Waals surface area (Å²) in [7, 11) is -3.78. The molecule has 0 amide bonds. The van der Waals surface area contributed by atoms with Crippen LogP contribution in [-0.2, 0) is 21.2 Å². The Morgan fingerprint density at radius 1 is 1.00 bits per heavy atom. The van der Waals surface area contributed by atoms with E-state index in [1.165, 1.54) is 16.1 Å². The highest BCUT2D eigenvalue weighted by Gasteiger charge is 2.22. The van der Waals surface area contributed by atoms with Crippen LogP contribution in [0.1, 0.15) is 12.1 Å². The second-order valence-corrected chi connectivity index (χ2v) is 6.96. The van der Waals surface area contributed by atoms with Crippen LogP contribution in [0.4, 0.5) is 0 Å². The second kappa shape index (κ2) is 5.89. The number of hydrogen-bond donors (Lipinski definition) is 1. The summed E-state index contributed by atoms with van der Waals surface area (Å²) in [5.41, 5.74) is 1.02. The fraction of sp³-hybridized carbons (Fsp3) is 0.118. The van der Waals surface area contributed by atoms with Gasteiger partial charge in [-0.2, -0.15) is 0 Å². The fourth-order valence-corrected chi connectivity index (χ4v) is 4.17. The van der Waals surface area contributed by atoms with Crippen LogP contribution < -0.4 is 0 Å². The van der Waals surface area contributed by atoms with Gasteiger partial charge < -0.3 is 5.11 Å². The van der Waals surface area contributed by atoms with E-state index in [1.54, 1.807) is 36.4 Å². The Balaban J connectivity index is 2.22. The third kappa shape index (κ3) is 2.85. The molecule has 3 aromatic rings. The van der Waals surface area contributed by atoms with Crippen LogP contribution in [-0.4, -0.2) is 23.5 Å². The Bertz CT molecular complexity index is 959. The Morgan fingerprint density at radius 2 is 1.65 bits per heavy atom. The summed E-state index contributed by atoms with van der Waals surface area (Å²) in [4.78, 5) is 11.0. The summed E-state index contributed by atoms with van der Waals surface area (Å²) in [5, 5.41) is 9.67. The first-order valence-corrected chi connectivity index (χ1v) is 8.56. The SMILES string of the molecule is O=C(O)CCc1cc2ccccc2n1S(=O)(=O)c1ccccc1. The number of carboxylic acid groups (broad SMARTS) is 1. The molecular formula is C17H15NO4S. The third-order valence-electron chi connectivity index (χ3n) is 3.61. The molecule has 0 saturated heterocycles. The molecule has 0 atom stereocenters.